The topological polar surface area (TPSA) is 55.0 Å². The number of hydrogen-bond acceptors (Lipinski definition) is 5. The van der Waals surface area contributed by atoms with Crippen molar-refractivity contribution in [3.8, 4) is 0 Å². The zero-order chi connectivity index (χ0) is 11.7. The third kappa shape index (κ3) is 2.39. The molecule has 1 saturated carbocycles. The van der Waals surface area contributed by atoms with Crippen LogP contribution in [0.5, 0.6) is 0 Å². The molecular weight excluding hydrogens is 232 g/mol. The van der Waals surface area contributed by atoms with Gasteiger partial charge < -0.3 is 10.6 Å². The molecule has 1 aliphatic rings. The number of aromatic nitrogens is 2. The minimum atomic E-state index is 0.473. The normalized spacial score (nSPS) is 14.8. The van der Waals surface area contributed by atoms with Crippen LogP contribution in [0, 0.1) is 0 Å². The lowest BCUT2D eigenvalue weighted by Gasteiger charge is -2.22. The molecule has 2 aromatic heterocycles. The summed E-state index contributed by atoms with van der Waals surface area (Å²) >= 11 is 1.78. The van der Waals surface area contributed by atoms with Crippen LogP contribution < -0.4 is 10.6 Å². The molecule has 4 nitrogen and oxygen atoms in total. The van der Waals surface area contributed by atoms with Gasteiger partial charge in [0.15, 0.2) is 0 Å². The summed E-state index contributed by atoms with van der Waals surface area (Å²) in [5.41, 5.74) is 5.56. The van der Waals surface area contributed by atoms with Crippen molar-refractivity contribution >= 4 is 23.0 Å². The van der Waals surface area contributed by atoms with Crippen LogP contribution in [0.2, 0.25) is 0 Å². The number of nitrogen functional groups attached to an aromatic ring is 1. The molecule has 2 N–H and O–H groups in total. The lowest BCUT2D eigenvalue weighted by atomic mass is 10.4. The van der Waals surface area contributed by atoms with Gasteiger partial charge in [-0.25, -0.2) is 9.97 Å². The minimum Gasteiger partial charge on any atom is -0.382 e. The molecule has 2 aromatic rings. The fourth-order valence-corrected chi connectivity index (χ4v) is 2.54. The Morgan fingerprint density at radius 1 is 1.35 bits per heavy atom. The average Bonchev–Trinajstić information content (AvgIpc) is 3.05. The van der Waals surface area contributed by atoms with E-state index < -0.39 is 0 Å². The molecule has 0 spiro atoms. The summed E-state index contributed by atoms with van der Waals surface area (Å²) < 4.78 is 0. The van der Waals surface area contributed by atoms with E-state index in [4.69, 9.17) is 5.73 Å². The van der Waals surface area contributed by atoms with Gasteiger partial charge in [-0.2, -0.15) is 0 Å². The van der Waals surface area contributed by atoms with Crippen LogP contribution in [0.15, 0.2) is 29.9 Å². The van der Waals surface area contributed by atoms with E-state index in [0.717, 1.165) is 12.4 Å². The molecule has 0 atom stereocenters. The SMILES string of the molecule is Nc1cnc(N(Cc2cccs2)C2CC2)cn1. The number of thiophene rings is 1. The number of nitrogens with two attached hydrogens (primary N) is 1. The van der Waals surface area contributed by atoms with E-state index in [1.807, 2.05) is 0 Å². The number of rotatable bonds is 4. The van der Waals surface area contributed by atoms with Gasteiger partial charge in [0, 0.05) is 10.9 Å². The minimum absolute atomic E-state index is 0.473. The second-order valence-corrected chi connectivity index (χ2v) is 5.27. The first kappa shape index (κ1) is 10.5. The molecule has 0 amide bonds. The van der Waals surface area contributed by atoms with E-state index in [1.54, 1.807) is 23.7 Å². The largest absolute Gasteiger partial charge is 0.382 e. The van der Waals surface area contributed by atoms with E-state index in [0.29, 0.717) is 11.9 Å². The molecule has 3 rings (SSSR count). The van der Waals surface area contributed by atoms with Crippen molar-refractivity contribution in [1.29, 1.82) is 0 Å². The van der Waals surface area contributed by atoms with Gasteiger partial charge in [-0.3, -0.25) is 0 Å². The van der Waals surface area contributed by atoms with E-state index in [2.05, 4.69) is 32.4 Å². The standard InChI is InChI=1S/C12H14N4S/c13-11-6-15-12(7-14-11)16(9-3-4-9)8-10-2-1-5-17-10/h1-2,5-7,9H,3-4,8H2,(H2,13,14). The number of anilines is 2. The molecule has 1 aliphatic carbocycles. The molecule has 0 bridgehead atoms. The van der Waals surface area contributed by atoms with Gasteiger partial charge in [-0.1, -0.05) is 6.07 Å². The first-order chi connectivity index (χ1) is 8.33. The summed E-state index contributed by atoms with van der Waals surface area (Å²) in [6.45, 7) is 0.918. The van der Waals surface area contributed by atoms with Crippen LogP contribution in [-0.4, -0.2) is 16.0 Å². The Balaban J connectivity index is 1.82. The van der Waals surface area contributed by atoms with Gasteiger partial charge in [-0.15, -0.1) is 11.3 Å². The predicted octanol–water partition coefficient (Wildman–Crippen LogP) is 2.29. The Morgan fingerprint density at radius 2 is 2.24 bits per heavy atom. The zero-order valence-corrected chi connectivity index (χ0v) is 10.2. The smallest absolute Gasteiger partial charge is 0.147 e. The molecular formula is C12H14N4S. The molecule has 2 heterocycles. The highest BCUT2D eigenvalue weighted by molar-refractivity contribution is 7.09. The summed E-state index contributed by atoms with van der Waals surface area (Å²) in [7, 11) is 0. The highest BCUT2D eigenvalue weighted by atomic mass is 32.1. The van der Waals surface area contributed by atoms with Crippen LogP contribution in [0.4, 0.5) is 11.6 Å². The van der Waals surface area contributed by atoms with Crippen molar-refractivity contribution in [2.75, 3.05) is 10.6 Å². The Morgan fingerprint density at radius 3 is 2.82 bits per heavy atom. The maximum Gasteiger partial charge on any atom is 0.147 e. The Kier molecular flexibility index (Phi) is 2.68. The summed E-state index contributed by atoms with van der Waals surface area (Å²) in [5, 5.41) is 2.11. The Bertz CT molecular complexity index is 476. The van der Waals surface area contributed by atoms with Gasteiger partial charge in [0.2, 0.25) is 0 Å². The van der Waals surface area contributed by atoms with Gasteiger partial charge in [0.05, 0.1) is 18.9 Å². The van der Waals surface area contributed by atoms with Crippen molar-refractivity contribution in [2.45, 2.75) is 25.4 Å². The van der Waals surface area contributed by atoms with Crippen molar-refractivity contribution in [1.82, 2.24) is 9.97 Å². The molecule has 88 valence electrons. The van der Waals surface area contributed by atoms with Crippen LogP contribution >= 0.6 is 11.3 Å². The van der Waals surface area contributed by atoms with E-state index >= 15 is 0 Å². The summed E-state index contributed by atoms with van der Waals surface area (Å²) in [4.78, 5) is 12.2. The maximum absolute atomic E-state index is 5.56. The van der Waals surface area contributed by atoms with Gasteiger partial charge >= 0.3 is 0 Å². The monoisotopic (exact) mass is 246 g/mol. The summed E-state index contributed by atoms with van der Waals surface area (Å²) in [6.07, 6.45) is 5.88. The number of hydrogen-bond donors (Lipinski definition) is 1. The summed E-state index contributed by atoms with van der Waals surface area (Å²) in [6, 6.07) is 4.86. The second kappa shape index (κ2) is 4.33. The van der Waals surface area contributed by atoms with E-state index in [9.17, 15) is 0 Å². The van der Waals surface area contributed by atoms with Gasteiger partial charge in [0.1, 0.15) is 11.6 Å². The fraction of sp³-hybridized carbons (Fsp3) is 0.333. The fourth-order valence-electron chi connectivity index (χ4n) is 1.83. The third-order valence-corrected chi connectivity index (χ3v) is 3.71. The molecule has 1 fully saturated rings. The molecule has 0 aliphatic heterocycles. The Labute approximate surface area is 104 Å². The van der Waals surface area contributed by atoms with Crippen molar-refractivity contribution < 1.29 is 0 Å². The molecule has 0 radical (unpaired) electrons. The van der Waals surface area contributed by atoms with Crippen molar-refractivity contribution in [3.63, 3.8) is 0 Å². The first-order valence-electron chi connectivity index (χ1n) is 5.69. The van der Waals surface area contributed by atoms with Crippen molar-refractivity contribution in [3.05, 3.63) is 34.8 Å². The maximum atomic E-state index is 5.56. The first-order valence-corrected chi connectivity index (χ1v) is 6.57. The highest BCUT2D eigenvalue weighted by Crippen LogP contribution is 2.32. The van der Waals surface area contributed by atoms with Crippen molar-refractivity contribution in [2.24, 2.45) is 0 Å². The Hall–Kier alpha value is -1.62. The van der Waals surface area contributed by atoms with Crippen LogP contribution in [0.1, 0.15) is 17.7 Å². The van der Waals surface area contributed by atoms with E-state index in [1.165, 1.54) is 17.7 Å². The molecule has 5 heteroatoms. The van der Waals surface area contributed by atoms with Gasteiger partial charge in [-0.05, 0) is 24.3 Å². The molecule has 0 aromatic carbocycles. The summed E-state index contributed by atoms with van der Waals surface area (Å²) in [5.74, 6) is 1.40. The predicted molar refractivity (Wildman–Crippen MR) is 70.0 cm³/mol. The lowest BCUT2D eigenvalue weighted by Crippen LogP contribution is -2.25. The lowest BCUT2D eigenvalue weighted by molar-refractivity contribution is 0.783. The number of nitrogens with zero attached hydrogens (tertiary/aromatic N) is 3. The van der Waals surface area contributed by atoms with Crippen LogP contribution in [0.25, 0.3) is 0 Å². The van der Waals surface area contributed by atoms with E-state index in [-0.39, 0.29) is 0 Å². The third-order valence-electron chi connectivity index (χ3n) is 2.85. The second-order valence-electron chi connectivity index (χ2n) is 4.24. The zero-order valence-electron chi connectivity index (χ0n) is 9.41. The highest BCUT2D eigenvalue weighted by Gasteiger charge is 2.30. The molecule has 17 heavy (non-hydrogen) atoms. The van der Waals surface area contributed by atoms with Crippen LogP contribution in [-0.2, 0) is 6.54 Å². The van der Waals surface area contributed by atoms with Gasteiger partial charge in [0.25, 0.3) is 0 Å². The molecule has 0 unspecified atom stereocenters. The quantitative estimate of drug-likeness (QED) is 0.899. The van der Waals surface area contributed by atoms with Crippen LogP contribution in [0.3, 0.4) is 0 Å². The average molecular weight is 246 g/mol. The molecule has 0 saturated heterocycles.